The number of rotatable bonds is 9. The van der Waals surface area contributed by atoms with Crippen LogP contribution >= 0.6 is 23.2 Å². The van der Waals surface area contributed by atoms with Gasteiger partial charge in [-0.2, -0.15) is 0 Å². The largest absolute Gasteiger partial charge is 0.467 e. The Balaban J connectivity index is 1.67. The third-order valence-electron chi connectivity index (χ3n) is 5.55. The molecular weight excluding hydrogens is 483 g/mol. The Morgan fingerprint density at radius 1 is 0.800 bits per heavy atom. The molecule has 4 aromatic rings. The minimum Gasteiger partial charge on any atom is -0.467 e. The number of nitrogens with zero attached hydrogens (tertiary/aromatic N) is 1. The minimum absolute atomic E-state index is 0.125. The second kappa shape index (κ2) is 11.7. The third-order valence-corrected chi connectivity index (χ3v) is 6.05. The molecule has 0 aliphatic carbocycles. The van der Waals surface area contributed by atoms with Crippen molar-refractivity contribution in [2.24, 2.45) is 0 Å². The van der Waals surface area contributed by atoms with Crippen LogP contribution in [0.15, 0.2) is 102 Å². The van der Waals surface area contributed by atoms with Gasteiger partial charge in [-0.15, -0.1) is 0 Å². The van der Waals surface area contributed by atoms with Crippen LogP contribution in [0.2, 0.25) is 10.0 Å². The summed E-state index contributed by atoms with van der Waals surface area (Å²) < 4.78 is 5.35. The van der Waals surface area contributed by atoms with Crippen LogP contribution in [0.3, 0.4) is 0 Å². The number of hydrogen-bond donors (Lipinski definition) is 1. The second-order valence-corrected chi connectivity index (χ2v) is 8.93. The SMILES string of the molecule is O=C(NCc1ccco1)[C@@H](c1ccccc1)N(Cc1ccc(Cl)cc1)C(=O)Cc1ccc(Cl)cc1. The van der Waals surface area contributed by atoms with Crippen LogP contribution in [0.25, 0.3) is 0 Å². The van der Waals surface area contributed by atoms with Gasteiger partial charge in [0, 0.05) is 16.6 Å². The molecule has 0 aliphatic rings. The van der Waals surface area contributed by atoms with Gasteiger partial charge in [0.15, 0.2) is 0 Å². The van der Waals surface area contributed by atoms with Crippen LogP contribution < -0.4 is 5.32 Å². The monoisotopic (exact) mass is 506 g/mol. The van der Waals surface area contributed by atoms with Crippen LogP contribution in [0, 0.1) is 0 Å². The summed E-state index contributed by atoms with van der Waals surface area (Å²) in [4.78, 5) is 28.8. The molecular formula is C28H24Cl2N2O3. The molecule has 4 rings (SSSR count). The number of halogens is 2. The van der Waals surface area contributed by atoms with Crippen molar-refractivity contribution < 1.29 is 14.0 Å². The lowest BCUT2D eigenvalue weighted by Gasteiger charge is -2.32. The lowest BCUT2D eigenvalue weighted by Crippen LogP contribution is -2.43. The van der Waals surface area contributed by atoms with Crippen LogP contribution in [0.1, 0.15) is 28.5 Å². The molecule has 1 heterocycles. The van der Waals surface area contributed by atoms with E-state index in [0.717, 1.165) is 11.1 Å². The van der Waals surface area contributed by atoms with E-state index in [4.69, 9.17) is 27.6 Å². The number of carbonyl (C=O) groups excluding carboxylic acids is 2. The molecule has 178 valence electrons. The molecule has 2 amide bonds. The van der Waals surface area contributed by atoms with E-state index in [0.29, 0.717) is 21.4 Å². The highest BCUT2D eigenvalue weighted by Gasteiger charge is 2.31. The minimum atomic E-state index is -0.846. The smallest absolute Gasteiger partial charge is 0.247 e. The van der Waals surface area contributed by atoms with E-state index in [1.165, 1.54) is 0 Å². The van der Waals surface area contributed by atoms with Gasteiger partial charge in [-0.1, -0.05) is 77.8 Å². The molecule has 0 saturated carbocycles. The standard InChI is InChI=1S/C28H24Cl2N2O3/c29-23-12-8-20(9-13-23)17-26(33)32(19-21-10-14-24(30)15-11-21)27(22-5-2-1-3-6-22)28(34)31-18-25-7-4-16-35-25/h1-16,27H,17-19H2,(H,31,34)/t27-/m1/s1. The van der Waals surface area contributed by atoms with Crippen LogP contribution in [0.5, 0.6) is 0 Å². The van der Waals surface area contributed by atoms with Crippen molar-refractivity contribution in [3.63, 3.8) is 0 Å². The first-order valence-corrected chi connectivity index (χ1v) is 11.9. The number of amides is 2. The van der Waals surface area contributed by atoms with Gasteiger partial charge >= 0.3 is 0 Å². The summed E-state index contributed by atoms with van der Waals surface area (Å²) in [5.74, 6) is 0.136. The van der Waals surface area contributed by atoms with E-state index in [-0.39, 0.29) is 31.3 Å². The highest BCUT2D eigenvalue weighted by molar-refractivity contribution is 6.30. The predicted octanol–water partition coefficient (Wildman–Crippen LogP) is 6.22. The molecule has 0 unspecified atom stereocenters. The molecule has 0 spiro atoms. The summed E-state index contributed by atoms with van der Waals surface area (Å²) in [6.07, 6.45) is 1.68. The van der Waals surface area contributed by atoms with Gasteiger partial charge in [-0.3, -0.25) is 9.59 Å². The topological polar surface area (TPSA) is 62.6 Å². The molecule has 7 heteroatoms. The molecule has 0 saturated heterocycles. The highest BCUT2D eigenvalue weighted by Crippen LogP contribution is 2.26. The number of carbonyl (C=O) groups is 2. The first kappa shape index (κ1) is 24.6. The summed E-state index contributed by atoms with van der Waals surface area (Å²) in [5.41, 5.74) is 2.38. The maximum Gasteiger partial charge on any atom is 0.247 e. The number of hydrogen-bond acceptors (Lipinski definition) is 3. The zero-order chi connectivity index (χ0) is 24.6. The van der Waals surface area contributed by atoms with Gasteiger partial charge in [-0.25, -0.2) is 0 Å². The lowest BCUT2D eigenvalue weighted by atomic mass is 10.0. The first-order chi connectivity index (χ1) is 17.0. The fourth-order valence-corrected chi connectivity index (χ4v) is 4.03. The summed E-state index contributed by atoms with van der Waals surface area (Å²) in [6, 6.07) is 26.4. The summed E-state index contributed by atoms with van der Waals surface area (Å²) in [6.45, 7) is 0.451. The van der Waals surface area contributed by atoms with Crippen LogP contribution in [0.4, 0.5) is 0 Å². The van der Waals surface area contributed by atoms with Crippen molar-refractivity contribution in [1.29, 1.82) is 0 Å². The quantitative estimate of drug-likeness (QED) is 0.293. The predicted molar refractivity (Wildman–Crippen MR) is 137 cm³/mol. The van der Waals surface area contributed by atoms with Crippen molar-refractivity contribution in [1.82, 2.24) is 10.2 Å². The molecule has 1 aromatic heterocycles. The number of furan rings is 1. The summed E-state index contributed by atoms with van der Waals surface area (Å²) in [7, 11) is 0. The molecule has 35 heavy (non-hydrogen) atoms. The molecule has 1 atom stereocenters. The maximum absolute atomic E-state index is 13.7. The van der Waals surface area contributed by atoms with E-state index >= 15 is 0 Å². The Bertz CT molecular complexity index is 1240. The Morgan fingerprint density at radius 2 is 1.43 bits per heavy atom. The third kappa shape index (κ3) is 6.75. The zero-order valence-corrected chi connectivity index (χ0v) is 20.4. The second-order valence-electron chi connectivity index (χ2n) is 8.06. The molecule has 0 aliphatic heterocycles. The Hall–Kier alpha value is -3.54. The average Bonchev–Trinajstić information content (AvgIpc) is 3.39. The lowest BCUT2D eigenvalue weighted by molar-refractivity contribution is -0.141. The highest BCUT2D eigenvalue weighted by atomic mass is 35.5. The fourth-order valence-electron chi connectivity index (χ4n) is 3.78. The zero-order valence-electron chi connectivity index (χ0n) is 18.9. The molecule has 3 aromatic carbocycles. The van der Waals surface area contributed by atoms with Gasteiger partial charge in [0.25, 0.3) is 0 Å². The summed E-state index contributed by atoms with van der Waals surface area (Å²) >= 11 is 12.1. The molecule has 0 fully saturated rings. The maximum atomic E-state index is 13.7. The molecule has 5 nitrogen and oxygen atoms in total. The van der Waals surface area contributed by atoms with E-state index < -0.39 is 6.04 Å². The van der Waals surface area contributed by atoms with Gasteiger partial charge in [0.2, 0.25) is 11.8 Å². The summed E-state index contributed by atoms with van der Waals surface area (Å²) in [5, 5.41) is 4.12. The first-order valence-electron chi connectivity index (χ1n) is 11.1. The van der Waals surface area contributed by atoms with Crippen LogP contribution in [-0.2, 0) is 29.1 Å². The Kier molecular flexibility index (Phi) is 8.24. The van der Waals surface area contributed by atoms with Crippen LogP contribution in [-0.4, -0.2) is 16.7 Å². The van der Waals surface area contributed by atoms with Gasteiger partial charge in [0.05, 0.1) is 19.2 Å². The van der Waals surface area contributed by atoms with Gasteiger partial charge in [-0.05, 0) is 53.1 Å². The van der Waals surface area contributed by atoms with Crippen molar-refractivity contribution >= 4 is 35.0 Å². The van der Waals surface area contributed by atoms with E-state index in [1.54, 1.807) is 47.6 Å². The van der Waals surface area contributed by atoms with E-state index in [1.807, 2.05) is 54.6 Å². The number of benzene rings is 3. The molecule has 0 radical (unpaired) electrons. The fraction of sp³-hybridized carbons (Fsp3) is 0.143. The number of nitrogens with one attached hydrogen (secondary N) is 1. The van der Waals surface area contributed by atoms with Crippen molar-refractivity contribution in [2.75, 3.05) is 0 Å². The Morgan fingerprint density at radius 3 is 2.03 bits per heavy atom. The van der Waals surface area contributed by atoms with E-state index in [2.05, 4.69) is 5.32 Å². The normalized spacial score (nSPS) is 11.6. The average molecular weight is 507 g/mol. The van der Waals surface area contributed by atoms with E-state index in [9.17, 15) is 9.59 Å². The molecule has 1 N–H and O–H groups in total. The van der Waals surface area contributed by atoms with Crippen molar-refractivity contribution in [3.05, 3.63) is 130 Å². The molecule has 0 bridgehead atoms. The van der Waals surface area contributed by atoms with Crippen molar-refractivity contribution in [2.45, 2.75) is 25.6 Å². The van der Waals surface area contributed by atoms with Gasteiger partial charge in [0.1, 0.15) is 11.8 Å². The van der Waals surface area contributed by atoms with Crippen molar-refractivity contribution in [3.8, 4) is 0 Å². The van der Waals surface area contributed by atoms with Gasteiger partial charge < -0.3 is 14.6 Å². The Labute approximate surface area is 214 Å².